The molecule has 11 nitrogen and oxygen atoms in total. The van der Waals surface area contributed by atoms with Crippen LogP contribution in [-0.4, -0.2) is 66.0 Å². The molecule has 2 amide bonds. The zero-order chi connectivity index (χ0) is 38.8. The lowest BCUT2D eigenvalue weighted by Crippen LogP contribution is -2.32. The number of unbranched alkanes of at least 4 members (excludes halogenated alkanes) is 24. The van der Waals surface area contributed by atoms with Crippen LogP contribution in [0.3, 0.4) is 0 Å². The molecule has 0 aliphatic carbocycles. The van der Waals surface area contributed by atoms with E-state index in [1.807, 2.05) is 0 Å². The van der Waals surface area contributed by atoms with Crippen LogP contribution in [0.25, 0.3) is 0 Å². The van der Waals surface area contributed by atoms with Crippen molar-refractivity contribution >= 4 is 31.6 Å². The number of hydrogen-bond donors (Lipinski definition) is 1. The average molecular weight is 774 g/mol. The van der Waals surface area contributed by atoms with Crippen LogP contribution in [0.4, 0.5) is 0 Å². The number of phosphoric acid groups is 1. The Morgan fingerprint density at radius 2 is 0.962 bits per heavy atom. The van der Waals surface area contributed by atoms with E-state index in [4.69, 9.17) is 18.5 Å². The van der Waals surface area contributed by atoms with E-state index in [0.717, 1.165) is 43.4 Å². The molecule has 0 bridgehead atoms. The summed E-state index contributed by atoms with van der Waals surface area (Å²) < 4.78 is 33.4. The maximum atomic E-state index is 12.7. The van der Waals surface area contributed by atoms with Gasteiger partial charge in [-0.05, 0) is 12.8 Å². The van der Waals surface area contributed by atoms with E-state index in [2.05, 4.69) is 13.8 Å². The Balaban J connectivity index is 2.35. The predicted molar refractivity (Wildman–Crippen MR) is 209 cm³/mol. The third kappa shape index (κ3) is 29.2. The van der Waals surface area contributed by atoms with Gasteiger partial charge >= 0.3 is 19.8 Å². The van der Waals surface area contributed by atoms with Crippen molar-refractivity contribution in [3.8, 4) is 0 Å². The number of carbonyl (C=O) groups excluding carboxylic acids is 4. The van der Waals surface area contributed by atoms with Crippen LogP contribution in [0, 0.1) is 0 Å². The van der Waals surface area contributed by atoms with Crippen molar-refractivity contribution in [1.29, 1.82) is 0 Å². The second-order valence-electron chi connectivity index (χ2n) is 14.8. The summed E-state index contributed by atoms with van der Waals surface area (Å²) in [6.07, 6.45) is 30.7. The molecule has 0 aromatic heterocycles. The van der Waals surface area contributed by atoms with Crippen LogP contribution in [-0.2, 0) is 42.3 Å². The monoisotopic (exact) mass is 774 g/mol. The lowest BCUT2D eigenvalue weighted by molar-refractivity contribution is -0.161. The van der Waals surface area contributed by atoms with Gasteiger partial charge in [0.05, 0.1) is 19.8 Å². The van der Waals surface area contributed by atoms with Crippen molar-refractivity contribution in [2.45, 2.75) is 213 Å². The predicted octanol–water partition coefficient (Wildman–Crippen LogP) is 10.7. The van der Waals surface area contributed by atoms with Gasteiger partial charge in [-0.2, -0.15) is 0 Å². The largest absolute Gasteiger partial charge is 0.472 e. The molecule has 1 fully saturated rings. The molecule has 1 rings (SSSR count). The third-order valence-corrected chi connectivity index (χ3v) is 10.8. The van der Waals surface area contributed by atoms with E-state index in [-0.39, 0.29) is 57.3 Å². The minimum Gasteiger partial charge on any atom is -0.462 e. The maximum Gasteiger partial charge on any atom is 0.472 e. The Labute approximate surface area is 322 Å². The highest BCUT2D eigenvalue weighted by Crippen LogP contribution is 2.43. The summed E-state index contributed by atoms with van der Waals surface area (Å²) in [5.74, 6) is -1.63. The molecule has 1 N–H and O–H groups in total. The minimum absolute atomic E-state index is 0.108. The first-order valence-corrected chi connectivity index (χ1v) is 23.0. The highest BCUT2D eigenvalue weighted by Gasteiger charge is 2.31. The molecule has 1 saturated heterocycles. The molecule has 0 aromatic carbocycles. The van der Waals surface area contributed by atoms with Gasteiger partial charge in [-0.1, -0.05) is 168 Å². The van der Waals surface area contributed by atoms with Gasteiger partial charge in [0, 0.05) is 25.7 Å². The van der Waals surface area contributed by atoms with E-state index in [1.54, 1.807) is 0 Å². The highest BCUT2D eigenvalue weighted by atomic mass is 31.2. The molecular weight excluding hydrogens is 697 g/mol. The normalized spacial score (nSPS) is 14.8. The van der Waals surface area contributed by atoms with E-state index < -0.39 is 32.5 Å². The Bertz CT molecular complexity index is 993. The van der Waals surface area contributed by atoms with Crippen LogP contribution >= 0.6 is 7.82 Å². The van der Waals surface area contributed by atoms with Crippen LogP contribution < -0.4 is 0 Å². The van der Waals surface area contributed by atoms with Crippen molar-refractivity contribution in [2.75, 3.05) is 26.4 Å². The second-order valence-corrected chi connectivity index (χ2v) is 16.3. The van der Waals surface area contributed by atoms with Crippen molar-refractivity contribution in [2.24, 2.45) is 0 Å². The van der Waals surface area contributed by atoms with Crippen LogP contribution in [0.1, 0.15) is 206 Å². The first-order valence-electron chi connectivity index (χ1n) is 21.5. The summed E-state index contributed by atoms with van der Waals surface area (Å²) in [7, 11) is -4.61. The quantitative estimate of drug-likeness (QED) is 0.0278. The molecule has 1 unspecified atom stereocenters. The molecule has 53 heavy (non-hydrogen) atoms. The van der Waals surface area contributed by atoms with Gasteiger partial charge in [0.15, 0.2) is 6.10 Å². The zero-order valence-corrected chi connectivity index (χ0v) is 34.5. The van der Waals surface area contributed by atoms with Gasteiger partial charge in [0.25, 0.3) is 0 Å². The minimum atomic E-state index is -4.61. The van der Waals surface area contributed by atoms with Gasteiger partial charge in [-0.25, -0.2) is 4.57 Å². The lowest BCUT2D eigenvalue weighted by Gasteiger charge is -2.20. The number of imide groups is 1. The SMILES string of the molecule is CCCCCCCCCCCCCCCC(=O)OC[C@H](COP(=O)(O)OCCN1C(=O)CCC1=O)OC(=O)CCCCCCCCCCCCCCC. The Morgan fingerprint density at radius 3 is 1.38 bits per heavy atom. The second kappa shape index (κ2) is 33.5. The fraction of sp³-hybridized carbons (Fsp3) is 0.902. The van der Waals surface area contributed by atoms with Gasteiger partial charge in [0.2, 0.25) is 11.8 Å². The third-order valence-electron chi connectivity index (χ3n) is 9.84. The number of amides is 2. The van der Waals surface area contributed by atoms with Crippen molar-refractivity contribution in [3.63, 3.8) is 0 Å². The molecule has 1 aliphatic rings. The summed E-state index contributed by atoms with van der Waals surface area (Å²) in [5.41, 5.74) is 0. The molecule has 2 atom stereocenters. The molecule has 0 radical (unpaired) electrons. The first kappa shape index (κ1) is 49.2. The summed E-state index contributed by atoms with van der Waals surface area (Å²) >= 11 is 0. The Hall–Kier alpha value is -1.81. The smallest absolute Gasteiger partial charge is 0.462 e. The standard InChI is InChI=1S/C41H76NO10P/c1-3-5-7-9-11-13-15-17-19-21-23-25-27-29-40(45)49-35-37(36-51-53(47,48)50-34-33-42-38(43)31-32-39(42)44)52-41(46)30-28-26-24-22-20-18-16-14-12-10-8-6-4-2/h37H,3-36H2,1-2H3,(H,47,48)/t37-/m1/s1. The molecule has 0 spiro atoms. The summed E-state index contributed by atoms with van der Waals surface area (Å²) in [5, 5.41) is 0. The molecule has 0 saturated carbocycles. The fourth-order valence-electron chi connectivity index (χ4n) is 6.53. The number of ether oxygens (including phenoxy) is 2. The Kier molecular flexibility index (Phi) is 31.1. The molecular formula is C41H76NO10P. The number of carbonyl (C=O) groups is 4. The topological polar surface area (TPSA) is 146 Å². The van der Waals surface area contributed by atoms with Crippen molar-refractivity contribution in [1.82, 2.24) is 4.90 Å². The molecule has 310 valence electrons. The number of esters is 2. The number of hydrogen-bond acceptors (Lipinski definition) is 9. The zero-order valence-electron chi connectivity index (χ0n) is 33.6. The van der Waals surface area contributed by atoms with Crippen molar-refractivity contribution in [3.05, 3.63) is 0 Å². The fourth-order valence-corrected chi connectivity index (χ4v) is 7.27. The van der Waals surface area contributed by atoms with Gasteiger partial charge in [-0.15, -0.1) is 0 Å². The van der Waals surface area contributed by atoms with Gasteiger partial charge < -0.3 is 14.4 Å². The average Bonchev–Trinajstić information content (AvgIpc) is 3.45. The van der Waals surface area contributed by atoms with Crippen molar-refractivity contribution < 1.29 is 47.2 Å². The van der Waals surface area contributed by atoms with Gasteiger partial charge in [0.1, 0.15) is 6.61 Å². The molecule has 12 heteroatoms. The van der Waals surface area contributed by atoms with E-state index in [0.29, 0.717) is 12.8 Å². The summed E-state index contributed by atoms with van der Waals surface area (Å²) in [6, 6.07) is 0. The highest BCUT2D eigenvalue weighted by molar-refractivity contribution is 7.47. The van der Waals surface area contributed by atoms with E-state index in [1.165, 1.54) is 116 Å². The van der Waals surface area contributed by atoms with E-state index in [9.17, 15) is 28.6 Å². The summed E-state index contributed by atoms with van der Waals surface area (Å²) in [4.78, 5) is 59.9. The van der Waals surface area contributed by atoms with Gasteiger partial charge in [-0.3, -0.25) is 33.1 Å². The number of phosphoric ester groups is 1. The van der Waals surface area contributed by atoms with E-state index >= 15 is 0 Å². The van der Waals surface area contributed by atoms with Crippen LogP contribution in [0.15, 0.2) is 0 Å². The Morgan fingerprint density at radius 1 is 0.585 bits per heavy atom. The number of likely N-dealkylation sites (tertiary alicyclic amines) is 1. The molecule has 1 heterocycles. The molecule has 1 aliphatic heterocycles. The summed E-state index contributed by atoms with van der Waals surface area (Å²) in [6.45, 7) is 3.10. The maximum absolute atomic E-state index is 12.7. The molecule has 0 aromatic rings. The van der Waals surface area contributed by atoms with Crippen LogP contribution in [0.2, 0.25) is 0 Å². The van der Waals surface area contributed by atoms with Crippen LogP contribution in [0.5, 0.6) is 0 Å². The first-order chi connectivity index (χ1) is 25.7. The number of rotatable bonds is 38. The number of nitrogens with zero attached hydrogens (tertiary/aromatic N) is 1. The lowest BCUT2D eigenvalue weighted by atomic mass is 10.0.